The molecule has 0 N–H and O–H groups in total. The predicted molar refractivity (Wildman–Crippen MR) is 88.0 cm³/mol. The molecule has 1 aliphatic rings. The molecule has 1 aromatic heterocycles. The van der Waals surface area contributed by atoms with Gasteiger partial charge in [-0.05, 0) is 31.7 Å². The topological polar surface area (TPSA) is 79.7 Å². The van der Waals surface area contributed by atoms with E-state index < -0.39 is 18.9 Å². The van der Waals surface area contributed by atoms with Crippen molar-refractivity contribution in [2.24, 2.45) is 0 Å². The van der Waals surface area contributed by atoms with Gasteiger partial charge >= 0.3 is 12.1 Å². The molecule has 1 heterocycles. The molecule has 132 valence electrons. The van der Waals surface area contributed by atoms with E-state index in [1.807, 2.05) is 37.3 Å². The fourth-order valence-electron chi connectivity index (χ4n) is 2.53. The number of aromatic nitrogens is 2. The number of esters is 1. The van der Waals surface area contributed by atoms with Crippen molar-refractivity contribution < 1.29 is 23.8 Å². The van der Waals surface area contributed by atoms with Crippen molar-refractivity contribution in [3.05, 3.63) is 54.1 Å². The fourth-order valence-corrected chi connectivity index (χ4v) is 2.53. The zero-order valence-corrected chi connectivity index (χ0v) is 14.0. The molecule has 1 fully saturated rings. The normalized spacial score (nSPS) is 15.1. The molecule has 25 heavy (non-hydrogen) atoms. The smallest absolute Gasteiger partial charge is 0.431 e. The maximum atomic E-state index is 12.2. The number of benzene rings is 1. The van der Waals surface area contributed by atoms with E-state index in [1.165, 1.54) is 6.20 Å². The summed E-state index contributed by atoms with van der Waals surface area (Å²) in [6.07, 6.45) is 4.86. The Morgan fingerprint density at radius 3 is 2.68 bits per heavy atom. The summed E-state index contributed by atoms with van der Waals surface area (Å²) in [7, 11) is 0. The van der Waals surface area contributed by atoms with Crippen LogP contribution in [0.3, 0.4) is 0 Å². The van der Waals surface area contributed by atoms with Crippen molar-refractivity contribution in [2.75, 3.05) is 6.79 Å². The minimum absolute atomic E-state index is 0.0728. The van der Waals surface area contributed by atoms with Crippen LogP contribution in [0.25, 0.3) is 0 Å². The Bertz CT molecular complexity index is 724. The molecule has 0 radical (unpaired) electrons. The molecular weight excluding hydrogens is 324 g/mol. The van der Waals surface area contributed by atoms with E-state index in [2.05, 4.69) is 4.98 Å². The molecule has 0 bridgehead atoms. The van der Waals surface area contributed by atoms with Crippen LogP contribution < -0.4 is 0 Å². The van der Waals surface area contributed by atoms with Crippen LogP contribution in [0.4, 0.5) is 4.79 Å². The highest BCUT2D eigenvalue weighted by Crippen LogP contribution is 2.22. The maximum Gasteiger partial charge on any atom is 0.511 e. The third kappa shape index (κ3) is 4.17. The van der Waals surface area contributed by atoms with E-state index in [0.29, 0.717) is 0 Å². The second kappa shape index (κ2) is 7.83. The van der Waals surface area contributed by atoms with E-state index in [1.54, 1.807) is 10.9 Å². The molecule has 1 aromatic carbocycles. The second-order valence-corrected chi connectivity index (χ2v) is 5.89. The lowest BCUT2D eigenvalue weighted by atomic mass is 9.96. The first-order chi connectivity index (χ1) is 12.1. The Hall–Kier alpha value is -2.83. The SMILES string of the molecule is C[C@H](c1ccccc1)n1cncc1C(=O)OCOC(=O)OC1CCC1. The van der Waals surface area contributed by atoms with Gasteiger partial charge in [0.2, 0.25) is 6.79 Å². The Balaban J connectivity index is 1.54. The number of carbonyl (C=O) groups is 2. The maximum absolute atomic E-state index is 12.2. The van der Waals surface area contributed by atoms with Crippen LogP contribution >= 0.6 is 0 Å². The highest BCUT2D eigenvalue weighted by Gasteiger charge is 2.23. The lowest BCUT2D eigenvalue weighted by molar-refractivity contribution is -0.0500. The van der Waals surface area contributed by atoms with Gasteiger partial charge in [-0.25, -0.2) is 14.6 Å². The summed E-state index contributed by atoms with van der Waals surface area (Å²) in [5.41, 5.74) is 1.32. The van der Waals surface area contributed by atoms with Gasteiger partial charge in [0.1, 0.15) is 11.8 Å². The van der Waals surface area contributed by atoms with Crippen molar-refractivity contribution in [1.82, 2.24) is 9.55 Å². The summed E-state index contributed by atoms with van der Waals surface area (Å²) >= 11 is 0. The Morgan fingerprint density at radius 2 is 2.00 bits per heavy atom. The minimum Gasteiger partial charge on any atom is -0.431 e. The molecule has 0 unspecified atom stereocenters. The van der Waals surface area contributed by atoms with Crippen LogP contribution in [-0.2, 0) is 14.2 Å². The zero-order chi connectivity index (χ0) is 17.6. The van der Waals surface area contributed by atoms with Gasteiger partial charge in [0.25, 0.3) is 0 Å². The molecule has 1 atom stereocenters. The molecular formula is C18H20N2O5. The third-order valence-corrected chi connectivity index (χ3v) is 4.26. The molecule has 3 rings (SSSR count). The molecule has 1 aliphatic carbocycles. The Kier molecular flexibility index (Phi) is 5.33. The average molecular weight is 344 g/mol. The summed E-state index contributed by atoms with van der Waals surface area (Å²) in [6.45, 7) is 1.47. The summed E-state index contributed by atoms with van der Waals surface area (Å²) in [5, 5.41) is 0. The van der Waals surface area contributed by atoms with E-state index in [4.69, 9.17) is 14.2 Å². The molecule has 1 saturated carbocycles. The lowest BCUT2D eigenvalue weighted by Gasteiger charge is -2.24. The largest absolute Gasteiger partial charge is 0.511 e. The zero-order valence-electron chi connectivity index (χ0n) is 14.0. The van der Waals surface area contributed by atoms with Crippen LogP contribution in [0.15, 0.2) is 42.9 Å². The van der Waals surface area contributed by atoms with Gasteiger partial charge in [0.05, 0.1) is 18.6 Å². The molecule has 0 spiro atoms. The summed E-state index contributed by atoms with van der Waals surface area (Å²) in [6, 6.07) is 9.65. The number of ether oxygens (including phenoxy) is 3. The van der Waals surface area contributed by atoms with E-state index >= 15 is 0 Å². The summed E-state index contributed by atoms with van der Waals surface area (Å²) < 4.78 is 16.5. The van der Waals surface area contributed by atoms with Crippen LogP contribution in [0.1, 0.15) is 48.3 Å². The monoisotopic (exact) mass is 344 g/mol. The molecule has 0 saturated heterocycles. The number of hydrogen-bond acceptors (Lipinski definition) is 6. The number of nitrogens with zero attached hydrogens (tertiary/aromatic N) is 2. The van der Waals surface area contributed by atoms with Gasteiger partial charge in [-0.15, -0.1) is 0 Å². The van der Waals surface area contributed by atoms with Crippen LogP contribution in [-0.4, -0.2) is 34.6 Å². The van der Waals surface area contributed by atoms with Gasteiger partial charge in [-0.1, -0.05) is 30.3 Å². The van der Waals surface area contributed by atoms with Gasteiger partial charge in [0, 0.05) is 0 Å². The predicted octanol–water partition coefficient (Wildman–Crippen LogP) is 3.31. The first kappa shape index (κ1) is 17.0. The van der Waals surface area contributed by atoms with E-state index in [9.17, 15) is 9.59 Å². The lowest BCUT2D eigenvalue weighted by Crippen LogP contribution is -2.26. The van der Waals surface area contributed by atoms with Crippen molar-refractivity contribution in [3.8, 4) is 0 Å². The third-order valence-electron chi connectivity index (χ3n) is 4.26. The van der Waals surface area contributed by atoms with Crippen LogP contribution in [0, 0.1) is 0 Å². The van der Waals surface area contributed by atoms with Crippen LogP contribution in [0.2, 0.25) is 0 Å². The van der Waals surface area contributed by atoms with Crippen LogP contribution in [0.5, 0.6) is 0 Å². The van der Waals surface area contributed by atoms with Gasteiger partial charge in [-0.3, -0.25) is 0 Å². The molecule has 0 aliphatic heterocycles. The van der Waals surface area contributed by atoms with E-state index in [-0.39, 0.29) is 17.8 Å². The minimum atomic E-state index is -0.816. The first-order valence-corrected chi connectivity index (χ1v) is 8.22. The number of carbonyl (C=O) groups excluding carboxylic acids is 2. The van der Waals surface area contributed by atoms with Crippen molar-refractivity contribution in [1.29, 1.82) is 0 Å². The fraction of sp³-hybridized carbons (Fsp3) is 0.389. The Morgan fingerprint density at radius 1 is 1.24 bits per heavy atom. The highest BCUT2D eigenvalue weighted by molar-refractivity contribution is 5.87. The Labute approximate surface area is 145 Å². The molecule has 7 nitrogen and oxygen atoms in total. The molecule has 2 aromatic rings. The molecule has 7 heteroatoms. The van der Waals surface area contributed by atoms with Crippen molar-refractivity contribution in [3.63, 3.8) is 0 Å². The molecule has 0 amide bonds. The highest BCUT2D eigenvalue weighted by atomic mass is 16.8. The summed E-state index contributed by atoms with van der Waals surface area (Å²) in [5.74, 6) is -0.614. The van der Waals surface area contributed by atoms with Gasteiger partial charge in [-0.2, -0.15) is 0 Å². The number of hydrogen-bond donors (Lipinski definition) is 0. The standard InChI is InChI=1S/C18H20N2O5/c1-13(14-6-3-2-4-7-14)20-11-19-10-16(20)17(21)23-12-24-18(22)25-15-8-5-9-15/h2-4,6-7,10-11,13,15H,5,8-9,12H2,1H3/t13-/m1/s1. The quantitative estimate of drug-likeness (QED) is 0.591. The number of rotatable bonds is 6. The van der Waals surface area contributed by atoms with Crippen molar-refractivity contribution >= 4 is 12.1 Å². The summed E-state index contributed by atoms with van der Waals surface area (Å²) in [4.78, 5) is 27.7. The van der Waals surface area contributed by atoms with Crippen molar-refractivity contribution in [2.45, 2.75) is 38.3 Å². The van der Waals surface area contributed by atoms with E-state index in [0.717, 1.165) is 24.8 Å². The number of imidazole rings is 1. The first-order valence-electron chi connectivity index (χ1n) is 8.22. The van der Waals surface area contributed by atoms with Gasteiger partial charge in [0.15, 0.2) is 0 Å². The van der Waals surface area contributed by atoms with Gasteiger partial charge < -0.3 is 18.8 Å². The average Bonchev–Trinajstić information content (AvgIpc) is 3.08. The second-order valence-electron chi connectivity index (χ2n) is 5.89.